The van der Waals surface area contributed by atoms with Gasteiger partial charge in [-0.2, -0.15) is 8.42 Å². The summed E-state index contributed by atoms with van der Waals surface area (Å²) in [6.07, 6.45) is 2.50. The second-order valence-corrected chi connectivity index (χ2v) is 6.70. The van der Waals surface area contributed by atoms with Gasteiger partial charge in [0.1, 0.15) is 0 Å². The molecule has 1 aromatic heterocycles. The van der Waals surface area contributed by atoms with Crippen molar-refractivity contribution in [3.63, 3.8) is 0 Å². The molecule has 8 nitrogen and oxygen atoms in total. The Morgan fingerprint density at radius 1 is 1.17 bits per heavy atom. The van der Waals surface area contributed by atoms with Crippen molar-refractivity contribution in [2.45, 2.75) is 33.7 Å². The van der Waals surface area contributed by atoms with Crippen molar-refractivity contribution < 1.29 is 31.7 Å². The first-order valence-corrected chi connectivity index (χ1v) is 9.37. The average Bonchev–Trinajstić information content (AvgIpc) is 2.74. The maximum absolute atomic E-state index is 12.2. The summed E-state index contributed by atoms with van der Waals surface area (Å²) in [5.41, 5.74) is 1.35. The van der Waals surface area contributed by atoms with Crippen LogP contribution in [0.15, 0.2) is 6.20 Å². The molecule has 0 aromatic carbocycles. The number of hydrogen-bond acceptors (Lipinski definition) is 7. The van der Waals surface area contributed by atoms with Gasteiger partial charge < -0.3 is 14.0 Å². The summed E-state index contributed by atoms with van der Waals surface area (Å²) in [4.78, 5) is 24.0. The molecule has 0 aliphatic carbocycles. The molecule has 0 saturated heterocycles. The monoisotopic (exact) mass is 361 g/mol. The van der Waals surface area contributed by atoms with E-state index in [4.69, 9.17) is 13.7 Å². The molecule has 9 heteroatoms. The molecule has 0 N–H and O–H groups in total. The largest absolute Gasteiger partial charge is 0.466 e. The first-order valence-electron chi connectivity index (χ1n) is 7.55. The van der Waals surface area contributed by atoms with Gasteiger partial charge in [0, 0.05) is 18.4 Å². The fraction of sp³-hybridized carbons (Fsp3) is 0.600. The molecule has 24 heavy (non-hydrogen) atoms. The highest BCUT2D eigenvalue weighted by Gasteiger charge is 2.23. The molecule has 0 aliphatic heterocycles. The summed E-state index contributed by atoms with van der Waals surface area (Å²) in [6.45, 7) is 5.59. The number of esters is 2. The van der Waals surface area contributed by atoms with Gasteiger partial charge >= 0.3 is 11.9 Å². The van der Waals surface area contributed by atoms with E-state index in [0.29, 0.717) is 16.8 Å². The molecule has 0 spiro atoms. The number of rotatable bonds is 9. The van der Waals surface area contributed by atoms with Gasteiger partial charge in [0.05, 0.1) is 38.1 Å². The second kappa shape index (κ2) is 8.84. The maximum Gasteiger partial charge on any atom is 0.340 e. The normalized spacial score (nSPS) is 11.3. The zero-order chi connectivity index (χ0) is 18.3. The highest BCUT2D eigenvalue weighted by atomic mass is 32.2. The van der Waals surface area contributed by atoms with Crippen LogP contribution in [-0.4, -0.2) is 51.0 Å². The van der Waals surface area contributed by atoms with E-state index in [0.717, 1.165) is 6.26 Å². The van der Waals surface area contributed by atoms with Crippen molar-refractivity contribution in [3.8, 4) is 0 Å². The predicted octanol–water partition coefficient (Wildman–Crippen LogP) is 1.06. The number of aromatic nitrogens is 1. The predicted molar refractivity (Wildman–Crippen MR) is 86.3 cm³/mol. The molecule has 136 valence electrons. The lowest BCUT2D eigenvalue weighted by Gasteiger charge is -2.11. The third kappa shape index (κ3) is 5.97. The van der Waals surface area contributed by atoms with Gasteiger partial charge in [-0.15, -0.1) is 0 Å². The van der Waals surface area contributed by atoms with Gasteiger partial charge in [0.2, 0.25) is 0 Å². The molecule has 1 aromatic rings. The van der Waals surface area contributed by atoms with Crippen molar-refractivity contribution >= 4 is 22.1 Å². The zero-order valence-corrected chi connectivity index (χ0v) is 15.1. The molecule has 0 saturated carbocycles. The Bertz CT molecular complexity index is 691. The SMILES string of the molecule is CCOC(=O)Cc1c(C(=O)OCC)c(C)cn1CCOS(C)(=O)=O. The van der Waals surface area contributed by atoms with Gasteiger partial charge in [0.15, 0.2) is 0 Å². The van der Waals surface area contributed by atoms with Crippen molar-refractivity contribution in [3.05, 3.63) is 23.0 Å². The van der Waals surface area contributed by atoms with Crippen LogP contribution in [0.1, 0.15) is 35.5 Å². The quantitative estimate of drug-likeness (QED) is 0.479. The molecule has 0 unspecified atom stereocenters. The fourth-order valence-corrected chi connectivity index (χ4v) is 2.63. The summed E-state index contributed by atoms with van der Waals surface area (Å²) in [7, 11) is -3.56. The number of aryl methyl sites for hydroxylation is 1. The van der Waals surface area contributed by atoms with Crippen LogP contribution in [0, 0.1) is 6.92 Å². The average molecular weight is 361 g/mol. The minimum absolute atomic E-state index is 0.106. The molecular formula is C15H23NO7S. The third-order valence-corrected chi connectivity index (χ3v) is 3.70. The molecular weight excluding hydrogens is 338 g/mol. The van der Waals surface area contributed by atoms with E-state index < -0.39 is 22.1 Å². The van der Waals surface area contributed by atoms with Crippen molar-refractivity contribution in [2.24, 2.45) is 0 Å². The van der Waals surface area contributed by atoms with E-state index in [1.807, 2.05) is 0 Å². The minimum Gasteiger partial charge on any atom is -0.466 e. The third-order valence-electron chi connectivity index (χ3n) is 3.11. The van der Waals surface area contributed by atoms with Crippen LogP contribution >= 0.6 is 0 Å². The van der Waals surface area contributed by atoms with E-state index in [2.05, 4.69) is 0 Å². The van der Waals surface area contributed by atoms with Crippen LogP contribution in [0.25, 0.3) is 0 Å². The van der Waals surface area contributed by atoms with E-state index in [-0.39, 0.29) is 32.8 Å². The van der Waals surface area contributed by atoms with E-state index in [1.54, 1.807) is 31.5 Å². The smallest absolute Gasteiger partial charge is 0.340 e. The Balaban J connectivity index is 3.10. The van der Waals surface area contributed by atoms with Gasteiger partial charge in [-0.05, 0) is 26.3 Å². The molecule has 1 rings (SSSR count). The summed E-state index contributed by atoms with van der Waals surface area (Å²) < 4.78 is 38.4. The molecule has 0 radical (unpaired) electrons. The van der Waals surface area contributed by atoms with Crippen LogP contribution in [0.4, 0.5) is 0 Å². The zero-order valence-electron chi connectivity index (χ0n) is 14.3. The summed E-state index contributed by atoms with van der Waals surface area (Å²) >= 11 is 0. The number of carbonyl (C=O) groups is 2. The summed E-state index contributed by atoms with van der Waals surface area (Å²) in [5, 5.41) is 0. The van der Waals surface area contributed by atoms with E-state index >= 15 is 0 Å². The van der Waals surface area contributed by atoms with Crippen LogP contribution in [0.2, 0.25) is 0 Å². The summed E-state index contributed by atoms with van der Waals surface area (Å²) in [5.74, 6) is -1.01. The van der Waals surface area contributed by atoms with Crippen LogP contribution < -0.4 is 0 Å². The molecule has 1 heterocycles. The minimum atomic E-state index is -3.56. The molecule has 0 amide bonds. The summed E-state index contributed by atoms with van der Waals surface area (Å²) in [6, 6.07) is 0. The molecule has 0 bridgehead atoms. The van der Waals surface area contributed by atoms with E-state index in [9.17, 15) is 18.0 Å². The Kier molecular flexibility index (Phi) is 7.43. The van der Waals surface area contributed by atoms with Crippen molar-refractivity contribution in [2.75, 3.05) is 26.1 Å². The van der Waals surface area contributed by atoms with Crippen LogP contribution in [0.5, 0.6) is 0 Å². The Morgan fingerprint density at radius 3 is 2.33 bits per heavy atom. The maximum atomic E-state index is 12.2. The fourth-order valence-electron chi connectivity index (χ4n) is 2.25. The second-order valence-electron chi connectivity index (χ2n) is 5.06. The number of carbonyl (C=O) groups excluding carboxylic acids is 2. The van der Waals surface area contributed by atoms with Gasteiger partial charge in [-0.3, -0.25) is 8.98 Å². The van der Waals surface area contributed by atoms with Gasteiger partial charge in [-0.1, -0.05) is 0 Å². The van der Waals surface area contributed by atoms with Gasteiger partial charge in [0.25, 0.3) is 10.1 Å². The van der Waals surface area contributed by atoms with E-state index in [1.165, 1.54) is 0 Å². The topological polar surface area (TPSA) is 101 Å². The lowest BCUT2D eigenvalue weighted by Crippen LogP contribution is -2.18. The highest BCUT2D eigenvalue weighted by molar-refractivity contribution is 7.85. The lowest BCUT2D eigenvalue weighted by molar-refractivity contribution is -0.142. The standard InChI is InChI=1S/C15H23NO7S/c1-5-21-13(17)9-12-14(15(18)22-6-2)11(3)10-16(12)7-8-23-24(4,19)20/h10H,5-9H2,1-4H3. The van der Waals surface area contributed by atoms with Crippen LogP contribution in [-0.2, 0) is 41.5 Å². The number of nitrogens with zero attached hydrogens (tertiary/aromatic N) is 1. The molecule has 0 fully saturated rings. The first kappa shape index (κ1) is 20.2. The highest BCUT2D eigenvalue weighted by Crippen LogP contribution is 2.20. The Hall–Kier alpha value is -1.87. The molecule has 0 aliphatic rings. The lowest BCUT2D eigenvalue weighted by atomic mass is 10.1. The van der Waals surface area contributed by atoms with Crippen molar-refractivity contribution in [1.82, 2.24) is 4.57 Å². The Morgan fingerprint density at radius 2 is 1.79 bits per heavy atom. The first-order chi connectivity index (χ1) is 11.2. The van der Waals surface area contributed by atoms with Crippen molar-refractivity contribution in [1.29, 1.82) is 0 Å². The Labute approximate surface area is 141 Å². The number of ether oxygens (including phenoxy) is 2. The van der Waals surface area contributed by atoms with Crippen LogP contribution in [0.3, 0.4) is 0 Å². The van der Waals surface area contributed by atoms with Gasteiger partial charge in [-0.25, -0.2) is 4.79 Å². The molecule has 0 atom stereocenters. The number of hydrogen-bond donors (Lipinski definition) is 0.